The molecule has 1 fully saturated rings. The average Bonchev–Trinajstić information content (AvgIpc) is 3.08. The molecule has 17 heavy (non-hydrogen) atoms. The largest absolute Gasteiger partial charge is 0.396 e. The summed E-state index contributed by atoms with van der Waals surface area (Å²) >= 11 is 0. The van der Waals surface area contributed by atoms with Crippen molar-refractivity contribution < 1.29 is 10.0 Å². The van der Waals surface area contributed by atoms with Crippen molar-refractivity contribution >= 4 is 11.4 Å². The molecule has 1 saturated carbocycles. The van der Waals surface area contributed by atoms with Gasteiger partial charge < -0.3 is 10.4 Å². The lowest BCUT2D eigenvalue weighted by Crippen LogP contribution is -2.16. The molecule has 0 spiro atoms. The summed E-state index contributed by atoms with van der Waals surface area (Å²) in [6.45, 7) is 0.978. The van der Waals surface area contributed by atoms with E-state index in [4.69, 9.17) is 5.11 Å². The Morgan fingerprint density at radius 1 is 1.47 bits per heavy atom. The van der Waals surface area contributed by atoms with Crippen LogP contribution in [0, 0.1) is 15.5 Å². The molecular formula is C12H16N2O3. The molecular weight excluding hydrogens is 220 g/mol. The number of non-ortho nitro benzene ring substituents is 1. The molecule has 0 aliphatic heterocycles. The van der Waals surface area contributed by atoms with Gasteiger partial charge >= 0.3 is 0 Å². The summed E-state index contributed by atoms with van der Waals surface area (Å²) in [4.78, 5) is 10.2. The van der Waals surface area contributed by atoms with Crippen molar-refractivity contribution in [3.8, 4) is 0 Å². The lowest BCUT2D eigenvalue weighted by molar-refractivity contribution is -0.384. The molecule has 1 aromatic carbocycles. The van der Waals surface area contributed by atoms with E-state index in [0.717, 1.165) is 31.5 Å². The van der Waals surface area contributed by atoms with Crippen molar-refractivity contribution in [3.63, 3.8) is 0 Å². The molecule has 5 nitrogen and oxygen atoms in total. The molecule has 0 heterocycles. The first-order chi connectivity index (χ1) is 8.15. The molecule has 0 aromatic heterocycles. The van der Waals surface area contributed by atoms with Gasteiger partial charge in [-0.05, 0) is 30.7 Å². The predicted molar refractivity (Wildman–Crippen MR) is 65.0 cm³/mol. The maximum Gasteiger partial charge on any atom is 0.271 e. The maximum atomic E-state index is 10.6. The third-order valence-electron chi connectivity index (χ3n) is 3.32. The molecule has 5 heteroatoms. The summed E-state index contributed by atoms with van der Waals surface area (Å²) in [7, 11) is 0. The molecule has 2 rings (SSSR count). The summed E-state index contributed by atoms with van der Waals surface area (Å²) in [6, 6.07) is 6.51. The minimum atomic E-state index is -0.397. The first kappa shape index (κ1) is 11.9. The van der Waals surface area contributed by atoms with E-state index in [2.05, 4.69) is 5.32 Å². The van der Waals surface area contributed by atoms with Gasteiger partial charge in [0.1, 0.15) is 0 Å². The predicted octanol–water partition coefficient (Wildman–Crippen LogP) is 2.17. The number of rotatable bonds is 6. The summed E-state index contributed by atoms with van der Waals surface area (Å²) in [5.74, 6) is 0. The number of nitro groups is 1. The van der Waals surface area contributed by atoms with E-state index in [1.807, 2.05) is 6.07 Å². The number of hydrogen-bond donors (Lipinski definition) is 2. The lowest BCUT2D eigenvalue weighted by atomic mass is 10.0. The summed E-state index contributed by atoms with van der Waals surface area (Å²) in [5, 5.41) is 22.8. The van der Waals surface area contributed by atoms with Crippen molar-refractivity contribution in [2.75, 3.05) is 18.5 Å². The van der Waals surface area contributed by atoms with E-state index in [1.54, 1.807) is 6.07 Å². The molecule has 0 atom stereocenters. The third-order valence-corrected chi connectivity index (χ3v) is 3.32. The summed E-state index contributed by atoms with van der Waals surface area (Å²) in [5.41, 5.74) is 1.07. The normalized spacial score (nSPS) is 16.5. The molecule has 92 valence electrons. The highest BCUT2D eigenvalue weighted by Crippen LogP contribution is 2.48. The monoisotopic (exact) mass is 236 g/mol. The maximum absolute atomic E-state index is 10.6. The van der Waals surface area contributed by atoms with E-state index >= 15 is 0 Å². The van der Waals surface area contributed by atoms with Gasteiger partial charge in [0.2, 0.25) is 0 Å². The number of aliphatic hydroxyl groups is 1. The van der Waals surface area contributed by atoms with Gasteiger partial charge in [-0.15, -0.1) is 0 Å². The molecule has 0 unspecified atom stereocenters. The van der Waals surface area contributed by atoms with Gasteiger partial charge in [0.15, 0.2) is 0 Å². The van der Waals surface area contributed by atoms with Crippen LogP contribution in [-0.4, -0.2) is 23.2 Å². The first-order valence-electron chi connectivity index (χ1n) is 5.74. The number of nitrogens with zero attached hydrogens (tertiary/aromatic N) is 1. The van der Waals surface area contributed by atoms with Gasteiger partial charge in [-0.25, -0.2) is 0 Å². The standard InChI is InChI=1S/C12H16N2O3/c15-7-6-12(4-5-12)9-13-10-2-1-3-11(8-10)14(16)17/h1-3,8,13,15H,4-7,9H2. The number of hydrogen-bond acceptors (Lipinski definition) is 4. The van der Waals surface area contributed by atoms with Crippen LogP contribution in [-0.2, 0) is 0 Å². The highest BCUT2D eigenvalue weighted by molar-refractivity contribution is 5.51. The van der Waals surface area contributed by atoms with Crippen molar-refractivity contribution in [2.45, 2.75) is 19.3 Å². The summed E-state index contributed by atoms with van der Waals surface area (Å²) < 4.78 is 0. The number of nitrogens with one attached hydrogen (secondary N) is 1. The van der Waals surface area contributed by atoms with Crippen molar-refractivity contribution in [1.29, 1.82) is 0 Å². The second kappa shape index (κ2) is 4.71. The second-order valence-electron chi connectivity index (χ2n) is 4.63. The Morgan fingerprint density at radius 2 is 2.24 bits per heavy atom. The Bertz CT molecular complexity index is 416. The van der Waals surface area contributed by atoms with Gasteiger partial charge in [-0.2, -0.15) is 0 Å². The number of anilines is 1. The van der Waals surface area contributed by atoms with E-state index in [-0.39, 0.29) is 17.7 Å². The van der Waals surface area contributed by atoms with Crippen LogP contribution in [0.1, 0.15) is 19.3 Å². The van der Waals surface area contributed by atoms with Gasteiger partial charge in [0, 0.05) is 31.0 Å². The molecule has 2 N–H and O–H groups in total. The quantitative estimate of drug-likeness (QED) is 0.586. The fourth-order valence-electron chi connectivity index (χ4n) is 1.95. The Morgan fingerprint density at radius 3 is 2.82 bits per heavy atom. The number of nitro benzene ring substituents is 1. The van der Waals surface area contributed by atoms with Crippen LogP contribution in [0.4, 0.5) is 11.4 Å². The van der Waals surface area contributed by atoms with Crippen LogP contribution < -0.4 is 5.32 Å². The molecule has 0 radical (unpaired) electrons. The van der Waals surface area contributed by atoms with Crippen LogP contribution in [0.2, 0.25) is 0 Å². The van der Waals surface area contributed by atoms with Gasteiger partial charge in [0.05, 0.1) is 4.92 Å². The number of benzene rings is 1. The zero-order valence-electron chi connectivity index (χ0n) is 9.56. The highest BCUT2D eigenvalue weighted by atomic mass is 16.6. The molecule has 0 saturated heterocycles. The Kier molecular flexibility index (Phi) is 3.28. The lowest BCUT2D eigenvalue weighted by Gasteiger charge is -2.15. The van der Waals surface area contributed by atoms with Crippen LogP contribution in [0.5, 0.6) is 0 Å². The van der Waals surface area contributed by atoms with Crippen molar-refractivity contribution in [1.82, 2.24) is 0 Å². The van der Waals surface area contributed by atoms with Crippen LogP contribution in [0.25, 0.3) is 0 Å². The van der Waals surface area contributed by atoms with Crippen molar-refractivity contribution in [3.05, 3.63) is 34.4 Å². The molecule has 1 aliphatic carbocycles. The van der Waals surface area contributed by atoms with E-state index in [9.17, 15) is 10.1 Å². The SMILES string of the molecule is O=[N+]([O-])c1cccc(NCC2(CCO)CC2)c1. The van der Waals surface area contributed by atoms with E-state index in [1.165, 1.54) is 12.1 Å². The minimum Gasteiger partial charge on any atom is -0.396 e. The van der Waals surface area contributed by atoms with E-state index in [0.29, 0.717) is 0 Å². The Balaban J connectivity index is 1.95. The zero-order valence-corrected chi connectivity index (χ0v) is 9.56. The average molecular weight is 236 g/mol. The summed E-state index contributed by atoms with van der Waals surface area (Å²) in [6.07, 6.45) is 3.04. The smallest absolute Gasteiger partial charge is 0.271 e. The van der Waals surface area contributed by atoms with Gasteiger partial charge in [-0.1, -0.05) is 6.07 Å². The molecule has 1 aliphatic rings. The Labute approximate surface area is 99.6 Å². The minimum absolute atomic E-state index is 0.0991. The molecule has 0 amide bonds. The first-order valence-corrected chi connectivity index (χ1v) is 5.74. The third kappa shape index (κ3) is 2.94. The molecule has 0 bridgehead atoms. The van der Waals surface area contributed by atoms with Gasteiger partial charge in [0.25, 0.3) is 5.69 Å². The van der Waals surface area contributed by atoms with Crippen LogP contribution in [0.3, 0.4) is 0 Å². The number of aliphatic hydroxyl groups excluding tert-OH is 1. The topological polar surface area (TPSA) is 75.4 Å². The van der Waals surface area contributed by atoms with Crippen molar-refractivity contribution in [2.24, 2.45) is 5.41 Å². The second-order valence-corrected chi connectivity index (χ2v) is 4.63. The zero-order chi connectivity index (χ0) is 12.3. The van der Waals surface area contributed by atoms with Gasteiger partial charge in [-0.3, -0.25) is 10.1 Å². The van der Waals surface area contributed by atoms with Crippen LogP contribution in [0.15, 0.2) is 24.3 Å². The van der Waals surface area contributed by atoms with Crippen LogP contribution >= 0.6 is 0 Å². The fourth-order valence-corrected chi connectivity index (χ4v) is 1.95. The fraction of sp³-hybridized carbons (Fsp3) is 0.500. The Hall–Kier alpha value is -1.62. The molecule has 1 aromatic rings. The van der Waals surface area contributed by atoms with E-state index < -0.39 is 4.92 Å². The highest BCUT2D eigenvalue weighted by Gasteiger charge is 2.41.